The molecule has 0 spiro atoms. The van der Waals surface area contributed by atoms with Crippen molar-refractivity contribution in [2.24, 2.45) is 0 Å². The van der Waals surface area contributed by atoms with E-state index in [1.54, 1.807) is 60.7 Å². The molecule has 1 N–H and O–H groups in total. The van der Waals surface area contributed by atoms with E-state index in [0.717, 1.165) is 0 Å². The standard InChI is InChI=1S/C26H24N2O5/c1-3-32-20-9-5-7-18(15-20)23-22(24(29)17-11-13-27-14-12-17)25(30)26(31)28(23)19-8-6-10-21(16-19)33-4-2/h5-16,23,29H,3-4H2,1-2H3/b24-22+. The maximum absolute atomic E-state index is 13.3. The van der Waals surface area contributed by atoms with E-state index < -0.39 is 17.7 Å². The molecule has 168 valence electrons. The number of ether oxygens (including phenoxy) is 2. The molecule has 1 aromatic heterocycles. The van der Waals surface area contributed by atoms with Gasteiger partial charge in [-0.1, -0.05) is 18.2 Å². The summed E-state index contributed by atoms with van der Waals surface area (Å²) in [5.41, 5.74) is 1.53. The molecule has 33 heavy (non-hydrogen) atoms. The summed E-state index contributed by atoms with van der Waals surface area (Å²) >= 11 is 0. The number of carbonyl (C=O) groups is 2. The van der Waals surface area contributed by atoms with Gasteiger partial charge in [-0.3, -0.25) is 19.5 Å². The zero-order valence-electron chi connectivity index (χ0n) is 18.4. The molecule has 1 atom stereocenters. The second kappa shape index (κ2) is 9.56. The molecule has 3 aromatic rings. The van der Waals surface area contributed by atoms with Crippen LogP contribution in [0.15, 0.2) is 78.6 Å². The topological polar surface area (TPSA) is 89.0 Å². The summed E-state index contributed by atoms with van der Waals surface area (Å²) < 4.78 is 11.2. The van der Waals surface area contributed by atoms with Crippen LogP contribution < -0.4 is 14.4 Å². The van der Waals surface area contributed by atoms with Gasteiger partial charge in [0.2, 0.25) is 0 Å². The number of ketones is 1. The van der Waals surface area contributed by atoms with Crippen LogP contribution in [-0.2, 0) is 9.59 Å². The molecule has 7 heteroatoms. The molecule has 4 rings (SSSR count). The van der Waals surface area contributed by atoms with Gasteiger partial charge in [0, 0.05) is 29.7 Å². The van der Waals surface area contributed by atoms with Crippen molar-refractivity contribution < 1.29 is 24.2 Å². The Balaban J connectivity index is 1.92. The van der Waals surface area contributed by atoms with Crippen molar-refractivity contribution in [1.82, 2.24) is 4.98 Å². The number of aliphatic hydroxyl groups is 1. The van der Waals surface area contributed by atoms with E-state index in [1.165, 1.54) is 17.3 Å². The van der Waals surface area contributed by atoms with Gasteiger partial charge in [0.05, 0.1) is 24.8 Å². The Hall–Kier alpha value is -4.13. The Morgan fingerprint density at radius 2 is 1.58 bits per heavy atom. The van der Waals surface area contributed by atoms with Gasteiger partial charge in [-0.2, -0.15) is 0 Å². The van der Waals surface area contributed by atoms with Crippen LogP contribution in [-0.4, -0.2) is 35.0 Å². The number of aliphatic hydroxyl groups excluding tert-OH is 1. The van der Waals surface area contributed by atoms with Gasteiger partial charge in [-0.25, -0.2) is 0 Å². The number of pyridine rings is 1. The summed E-state index contributed by atoms with van der Waals surface area (Å²) in [5.74, 6) is -0.574. The van der Waals surface area contributed by atoms with E-state index in [9.17, 15) is 14.7 Å². The lowest BCUT2D eigenvalue weighted by Crippen LogP contribution is -2.29. The largest absolute Gasteiger partial charge is 0.507 e. The fraction of sp³-hybridized carbons (Fsp3) is 0.192. The summed E-state index contributed by atoms with van der Waals surface area (Å²) in [6.07, 6.45) is 3.03. The fourth-order valence-corrected chi connectivity index (χ4v) is 3.91. The molecule has 0 bridgehead atoms. The molecule has 2 heterocycles. The van der Waals surface area contributed by atoms with Crippen molar-refractivity contribution in [3.05, 3.63) is 89.8 Å². The highest BCUT2D eigenvalue weighted by atomic mass is 16.5. The molecule has 7 nitrogen and oxygen atoms in total. The van der Waals surface area contributed by atoms with Gasteiger partial charge in [-0.05, 0) is 55.8 Å². The fourth-order valence-electron chi connectivity index (χ4n) is 3.91. The lowest BCUT2D eigenvalue weighted by atomic mass is 9.95. The summed E-state index contributed by atoms with van der Waals surface area (Å²) in [6.45, 7) is 4.68. The number of anilines is 1. The number of Topliss-reactive ketones (excluding diaryl/α,β-unsaturated/α-hetero) is 1. The second-order valence-electron chi connectivity index (χ2n) is 7.34. The average molecular weight is 444 g/mol. The first-order chi connectivity index (χ1) is 16.0. The second-order valence-corrected chi connectivity index (χ2v) is 7.34. The summed E-state index contributed by atoms with van der Waals surface area (Å²) in [5, 5.41) is 11.1. The molecule has 0 saturated carbocycles. The van der Waals surface area contributed by atoms with E-state index >= 15 is 0 Å². The molecular weight excluding hydrogens is 420 g/mol. The molecule has 1 fully saturated rings. The Labute approximate surface area is 191 Å². The van der Waals surface area contributed by atoms with Gasteiger partial charge >= 0.3 is 0 Å². The van der Waals surface area contributed by atoms with Crippen molar-refractivity contribution in [2.45, 2.75) is 19.9 Å². The van der Waals surface area contributed by atoms with E-state index in [0.29, 0.717) is 41.5 Å². The number of hydrogen-bond acceptors (Lipinski definition) is 6. The highest BCUT2D eigenvalue weighted by Crippen LogP contribution is 2.43. The lowest BCUT2D eigenvalue weighted by Gasteiger charge is -2.26. The van der Waals surface area contributed by atoms with Gasteiger partial charge in [0.25, 0.3) is 11.7 Å². The maximum atomic E-state index is 13.3. The molecule has 1 amide bonds. The highest BCUT2D eigenvalue weighted by Gasteiger charge is 2.47. The summed E-state index contributed by atoms with van der Waals surface area (Å²) in [7, 11) is 0. The third-order valence-electron chi connectivity index (χ3n) is 5.29. The zero-order chi connectivity index (χ0) is 23.4. The molecule has 1 saturated heterocycles. The first-order valence-corrected chi connectivity index (χ1v) is 10.7. The lowest BCUT2D eigenvalue weighted by molar-refractivity contribution is -0.132. The van der Waals surface area contributed by atoms with E-state index in [1.807, 2.05) is 13.8 Å². The third-order valence-corrected chi connectivity index (χ3v) is 5.29. The first-order valence-electron chi connectivity index (χ1n) is 10.7. The van der Waals surface area contributed by atoms with Crippen LogP contribution in [0.2, 0.25) is 0 Å². The molecule has 2 aromatic carbocycles. The number of benzene rings is 2. The van der Waals surface area contributed by atoms with Crippen molar-refractivity contribution in [1.29, 1.82) is 0 Å². The van der Waals surface area contributed by atoms with Crippen molar-refractivity contribution in [3.8, 4) is 11.5 Å². The van der Waals surface area contributed by atoms with Crippen LogP contribution in [0, 0.1) is 0 Å². The number of rotatable bonds is 7. The molecule has 1 aliphatic heterocycles. The first kappa shape index (κ1) is 22.1. The summed E-state index contributed by atoms with van der Waals surface area (Å²) in [4.78, 5) is 31.8. The van der Waals surface area contributed by atoms with E-state index in [2.05, 4.69) is 4.98 Å². The number of amides is 1. The third kappa shape index (κ3) is 4.30. The minimum absolute atomic E-state index is 0.00154. The van der Waals surface area contributed by atoms with Gasteiger partial charge < -0.3 is 14.6 Å². The van der Waals surface area contributed by atoms with Gasteiger partial charge in [0.15, 0.2) is 0 Å². The predicted octanol–water partition coefficient (Wildman–Crippen LogP) is 4.51. The number of carbonyl (C=O) groups excluding carboxylic acids is 2. The Morgan fingerprint density at radius 1 is 0.939 bits per heavy atom. The Morgan fingerprint density at radius 3 is 2.24 bits per heavy atom. The number of nitrogens with zero attached hydrogens (tertiary/aromatic N) is 2. The van der Waals surface area contributed by atoms with E-state index in [-0.39, 0.29) is 11.3 Å². The monoisotopic (exact) mass is 444 g/mol. The van der Waals surface area contributed by atoms with Crippen LogP contribution in [0.25, 0.3) is 5.76 Å². The van der Waals surface area contributed by atoms with Gasteiger partial charge in [-0.15, -0.1) is 0 Å². The predicted molar refractivity (Wildman–Crippen MR) is 124 cm³/mol. The number of aromatic nitrogens is 1. The van der Waals surface area contributed by atoms with E-state index in [4.69, 9.17) is 9.47 Å². The minimum atomic E-state index is -0.851. The SMILES string of the molecule is CCOc1cccc(C2/C(=C(\O)c3ccncc3)C(=O)C(=O)N2c2cccc(OCC)c2)c1. The average Bonchev–Trinajstić information content (AvgIpc) is 3.10. The van der Waals surface area contributed by atoms with Crippen molar-refractivity contribution >= 4 is 23.1 Å². The maximum Gasteiger partial charge on any atom is 0.300 e. The van der Waals surface area contributed by atoms with Crippen LogP contribution in [0.4, 0.5) is 5.69 Å². The molecular formula is C26H24N2O5. The zero-order valence-corrected chi connectivity index (χ0v) is 18.4. The molecule has 0 aliphatic carbocycles. The highest BCUT2D eigenvalue weighted by molar-refractivity contribution is 6.51. The normalized spacial score (nSPS) is 17.3. The van der Waals surface area contributed by atoms with Crippen LogP contribution in [0.1, 0.15) is 31.0 Å². The van der Waals surface area contributed by atoms with Crippen molar-refractivity contribution in [3.63, 3.8) is 0 Å². The smallest absolute Gasteiger partial charge is 0.300 e. The molecule has 0 radical (unpaired) electrons. The number of hydrogen-bond donors (Lipinski definition) is 1. The van der Waals surface area contributed by atoms with Crippen LogP contribution in [0.5, 0.6) is 11.5 Å². The van der Waals surface area contributed by atoms with Crippen LogP contribution >= 0.6 is 0 Å². The minimum Gasteiger partial charge on any atom is -0.507 e. The van der Waals surface area contributed by atoms with Crippen LogP contribution in [0.3, 0.4) is 0 Å². The molecule has 1 unspecified atom stereocenters. The Bertz CT molecular complexity index is 1210. The van der Waals surface area contributed by atoms with Gasteiger partial charge in [0.1, 0.15) is 17.3 Å². The Kier molecular flexibility index (Phi) is 6.40. The molecule has 1 aliphatic rings. The van der Waals surface area contributed by atoms with Crippen molar-refractivity contribution in [2.75, 3.05) is 18.1 Å². The summed E-state index contributed by atoms with van der Waals surface area (Å²) in [6, 6.07) is 16.5. The quantitative estimate of drug-likeness (QED) is 0.328.